The molecule has 0 radical (unpaired) electrons. The first-order valence-electron chi connectivity index (χ1n) is 5.11. The number of hydrogen-bond donors (Lipinski definition) is 1. The summed E-state index contributed by atoms with van der Waals surface area (Å²) in [5.41, 5.74) is 0. The number of hydrogen-bond acceptors (Lipinski definition) is 3. The number of carbonyl (C=O) groups is 1. The summed E-state index contributed by atoms with van der Waals surface area (Å²) < 4.78 is 4.82. The van der Waals surface area contributed by atoms with Crippen LogP contribution in [-0.4, -0.2) is 48.3 Å². The number of ether oxygens (including phenoxy) is 1. The van der Waals surface area contributed by atoms with Gasteiger partial charge in [-0.25, -0.2) is 0 Å². The standard InChI is InChI=1S/C10H19NO3/c1-8(12)6-9-4-3-5-11(9)10(13)7-14-2/h8-9,12H,3-7H2,1-2H3. The van der Waals surface area contributed by atoms with Gasteiger partial charge in [0.15, 0.2) is 0 Å². The van der Waals surface area contributed by atoms with Crippen LogP contribution < -0.4 is 0 Å². The minimum atomic E-state index is -0.337. The maximum atomic E-state index is 11.6. The Hall–Kier alpha value is -0.610. The molecule has 1 heterocycles. The van der Waals surface area contributed by atoms with E-state index in [0.717, 1.165) is 19.4 Å². The molecule has 14 heavy (non-hydrogen) atoms. The Morgan fingerprint density at radius 3 is 3.00 bits per heavy atom. The van der Waals surface area contributed by atoms with E-state index in [1.807, 2.05) is 4.90 Å². The maximum absolute atomic E-state index is 11.6. The van der Waals surface area contributed by atoms with E-state index >= 15 is 0 Å². The largest absolute Gasteiger partial charge is 0.393 e. The summed E-state index contributed by atoms with van der Waals surface area (Å²) in [5.74, 6) is 0.0376. The number of nitrogens with zero attached hydrogens (tertiary/aromatic N) is 1. The lowest BCUT2D eigenvalue weighted by atomic mass is 10.1. The second-order valence-electron chi connectivity index (χ2n) is 3.90. The van der Waals surface area contributed by atoms with E-state index in [4.69, 9.17) is 4.74 Å². The summed E-state index contributed by atoms with van der Waals surface area (Å²) in [6.07, 6.45) is 2.37. The molecule has 0 aliphatic carbocycles. The summed E-state index contributed by atoms with van der Waals surface area (Å²) in [4.78, 5) is 13.4. The highest BCUT2D eigenvalue weighted by molar-refractivity contribution is 5.78. The third kappa shape index (κ3) is 2.96. The SMILES string of the molecule is COCC(=O)N1CCCC1CC(C)O. The summed E-state index contributed by atoms with van der Waals surface area (Å²) in [6.45, 7) is 2.72. The molecular formula is C10H19NO3. The molecule has 0 aromatic heterocycles. The highest BCUT2D eigenvalue weighted by Gasteiger charge is 2.28. The predicted octanol–water partition coefficient (Wildman–Crippen LogP) is 0.395. The summed E-state index contributed by atoms with van der Waals surface area (Å²) in [7, 11) is 1.53. The Morgan fingerprint density at radius 1 is 1.71 bits per heavy atom. The quantitative estimate of drug-likeness (QED) is 0.716. The van der Waals surface area contributed by atoms with Crippen molar-refractivity contribution in [2.24, 2.45) is 0 Å². The van der Waals surface area contributed by atoms with Crippen LogP contribution in [0.25, 0.3) is 0 Å². The molecule has 2 unspecified atom stereocenters. The van der Waals surface area contributed by atoms with E-state index in [1.54, 1.807) is 6.92 Å². The van der Waals surface area contributed by atoms with Gasteiger partial charge in [-0.3, -0.25) is 4.79 Å². The first-order chi connectivity index (χ1) is 6.65. The molecule has 0 aromatic carbocycles. The molecule has 0 saturated carbocycles. The van der Waals surface area contributed by atoms with Gasteiger partial charge in [0, 0.05) is 19.7 Å². The van der Waals surface area contributed by atoms with Crippen LogP contribution in [0.2, 0.25) is 0 Å². The van der Waals surface area contributed by atoms with Crippen LogP contribution in [-0.2, 0) is 9.53 Å². The van der Waals surface area contributed by atoms with Crippen LogP contribution in [0.15, 0.2) is 0 Å². The number of aliphatic hydroxyl groups excluding tert-OH is 1. The average Bonchev–Trinajstić information content (AvgIpc) is 2.51. The number of methoxy groups -OCH3 is 1. The minimum absolute atomic E-state index is 0.0376. The Balaban J connectivity index is 2.46. The first kappa shape index (κ1) is 11.5. The summed E-state index contributed by atoms with van der Waals surface area (Å²) >= 11 is 0. The molecule has 1 saturated heterocycles. The molecule has 1 aliphatic rings. The molecule has 1 N–H and O–H groups in total. The Bertz CT molecular complexity index is 194. The smallest absolute Gasteiger partial charge is 0.248 e. The zero-order valence-corrected chi connectivity index (χ0v) is 8.90. The number of rotatable bonds is 4. The second-order valence-corrected chi connectivity index (χ2v) is 3.90. The van der Waals surface area contributed by atoms with E-state index in [-0.39, 0.29) is 24.7 Å². The zero-order valence-electron chi connectivity index (χ0n) is 8.90. The van der Waals surface area contributed by atoms with E-state index < -0.39 is 0 Å². The van der Waals surface area contributed by atoms with Crippen molar-refractivity contribution in [2.45, 2.75) is 38.3 Å². The molecule has 4 heteroatoms. The Labute approximate surface area is 84.8 Å². The normalized spacial score (nSPS) is 23.9. The lowest BCUT2D eigenvalue weighted by molar-refractivity contribution is -0.136. The van der Waals surface area contributed by atoms with Crippen molar-refractivity contribution in [1.29, 1.82) is 0 Å². The van der Waals surface area contributed by atoms with E-state index in [2.05, 4.69) is 0 Å². The van der Waals surface area contributed by atoms with Gasteiger partial charge in [-0.05, 0) is 26.2 Å². The number of aliphatic hydroxyl groups is 1. The fourth-order valence-electron chi connectivity index (χ4n) is 2.01. The lowest BCUT2D eigenvalue weighted by Gasteiger charge is -2.25. The fourth-order valence-corrected chi connectivity index (χ4v) is 2.01. The predicted molar refractivity (Wildman–Crippen MR) is 52.9 cm³/mol. The molecule has 2 atom stereocenters. The van der Waals surface area contributed by atoms with Crippen molar-refractivity contribution in [3.8, 4) is 0 Å². The van der Waals surface area contributed by atoms with Gasteiger partial charge < -0.3 is 14.7 Å². The highest BCUT2D eigenvalue weighted by atomic mass is 16.5. The number of likely N-dealkylation sites (tertiary alicyclic amines) is 1. The minimum Gasteiger partial charge on any atom is -0.393 e. The zero-order chi connectivity index (χ0) is 10.6. The molecule has 1 fully saturated rings. The van der Waals surface area contributed by atoms with E-state index in [9.17, 15) is 9.90 Å². The van der Waals surface area contributed by atoms with Crippen LogP contribution >= 0.6 is 0 Å². The molecule has 0 bridgehead atoms. The monoisotopic (exact) mass is 201 g/mol. The molecule has 1 amide bonds. The van der Waals surface area contributed by atoms with Crippen molar-refractivity contribution in [2.75, 3.05) is 20.3 Å². The lowest BCUT2D eigenvalue weighted by Crippen LogP contribution is -2.39. The van der Waals surface area contributed by atoms with Gasteiger partial charge in [-0.1, -0.05) is 0 Å². The number of carbonyl (C=O) groups excluding carboxylic acids is 1. The van der Waals surface area contributed by atoms with Crippen LogP contribution in [0.1, 0.15) is 26.2 Å². The van der Waals surface area contributed by atoms with Gasteiger partial charge in [0.2, 0.25) is 5.91 Å². The van der Waals surface area contributed by atoms with Crippen LogP contribution in [0.5, 0.6) is 0 Å². The molecule has 82 valence electrons. The van der Waals surface area contributed by atoms with Gasteiger partial charge in [0.05, 0.1) is 6.10 Å². The van der Waals surface area contributed by atoms with Gasteiger partial charge in [0.1, 0.15) is 6.61 Å². The molecule has 1 aliphatic heterocycles. The van der Waals surface area contributed by atoms with Crippen molar-refractivity contribution in [1.82, 2.24) is 4.90 Å². The third-order valence-corrected chi connectivity index (χ3v) is 2.58. The van der Waals surface area contributed by atoms with Gasteiger partial charge in [-0.2, -0.15) is 0 Å². The van der Waals surface area contributed by atoms with Crippen molar-refractivity contribution in [3.63, 3.8) is 0 Å². The first-order valence-corrected chi connectivity index (χ1v) is 5.11. The van der Waals surface area contributed by atoms with Crippen LogP contribution in [0, 0.1) is 0 Å². The van der Waals surface area contributed by atoms with E-state index in [1.165, 1.54) is 7.11 Å². The average molecular weight is 201 g/mol. The van der Waals surface area contributed by atoms with Gasteiger partial charge in [0.25, 0.3) is 0 Å². The molecule has 4 nitrogen and oxygen atoms in total. The van der Waals surface area contributed by atoms with Crippen LogP contribution in [0.3, 0.4) is 0 Å². The number of amides is 1. The van der Waals surface area contributed by atoms with Crippen LogP contribution in [0.4, 0.5) is 0 Å². The maximum Gasteiger partial charge on any atom is 0.248 e. The molecule has 0 aromatic rings. The van der Waals surface area contributed by atoms with E-state index in [0.29, 0.717) is 6.42 Å². The summed E-state index contributed by atoms with van der Waals surface area (Å²) in [6, 6.07) is 0.206. The Morgan fingerprint density at radius 2 is 2.43 bits per heavy atom. The molecule has 1 rings (SSSR count). The highest BCUT2D eigenvalue weighted by Crippen LogP contribution is 2.21. The Kier molecular flexibility index (Phi) is 4.35. The van der Waals surface area contributed by atoms with Gasteiger partial charge in [-0.15, -0.1) is 0 Å². The van der Waals surface area contributed by atoms with Gasteiger partial charge >= 0.3 is 0 Å². The molecular weight excluding hydrogens is 182 g/mol. The fraction of sp³-hybridized carbons (Fsp3) is 0.900. The topological polar surface area (TPSA) is 49.8 Å². The summed E-state index contributed by atoms with van der Waals surface area (Å²) in [5, 5.41) is 9.27. The van der Waals surface area contributed by atoms with Crippen molar-refractivity contribution in [3.05, 3.63) is 0 Å². The third-order valence-electron chi connectivity index (χ3n) is 2.58. The second kappa shape index (κ2) is 5.32. The van der Waals surface area contributed by atoms with Crippen molar-refractivity contribution >= 4 is 5.91 Å². The van der Waals surface area contributed by atoms with Crippen molar-refractivity contribution < 1.29 is 14.6 Å². The molecule has 0 spiro atoms.